The van der Waals surface area contributed by atoms with E-state index in [-0.39, 0.29) is 0 Å². The van der Waals surface area contributed by atoms with Crippen LogP contribution in [0.4, 0.5) is 0 Å². The summed E-state index contributed by atoms with van der Waals surface area (Å²) in [4.78, 5) is 2.67. The summed E-state index contributed by atoms with van der Waals surface area (Å²) in [6, 6.07) is 12.3. The minimum absolute atomic E-state index is 0.368. The van der Waals surface area contributed by atoms with Crippen molar-refractivity contribution in [1.29, 1.82) is 0 Å². The summed E-state index contributed by atoms with van der Waals surface area (Å²) in [5.74, 6) is 1.28. The lowest BCUT2D eigenvalue weighted by Crippen LogP contribution is -2.51. The van der Waals surface area contributed by atoms with Crippen LogP contribution < -0.4 is 5.32 Å². The van der Waals surface area contributed by atoms with Gasteiger partial charge in [-0.05, 0) is 38.3 Å². The molecule has 1 aromatic rings. The first-order valence-electron chi connectivity index (χ1n) is 8.36. The van der Waals surface area contributed by atoms with E-state index >= 15 is 0 Å². The van der Waals surface area contributed by atoms with Crippen LogP contribution in [0.2, 0.25) is 0 Å². The van der Waals surface area contributed by atoms with Gasteiger partial charge in [-0.1, -0.05) is 58.0 Å². The number of nitrogens with one attached hydrogen (secondary N) is 1. The molecule has 2 unspecified atom stereocenters. The van der Waals surface area contributed by atoms with Gasteiger partial charge < -0.3 is 5.32 Å². The van der Waals surface area contributed by atoms with E-state index in [4.69, 9.17) is 0 Å². The van der Waals surface area contributed by atoms with Crippen LogP contribution in [-0.2, 0) is 0 Å². The summed E-state index contributed by atoms with van der Waals surface area (Å²) in [7, 11) is 2.08. The van der Waals surface area contributed by atoms with Crippen LogP contribution in [0.15, 0.2) is 30.3 Å². The van der Waals surface area contributed by atoms with Crippen molar-refractivity contribution >= 4 is 0 Å². The third-order valence-electron chi connectivity index (χ3n) is 4.12. The van der Waals surface area contributed by atoms with Crippen LogP contribution in [0, 0.1) is 11.8 Å². The lowest BCUT2D eigenvalue weighted by Gasteiger charge is -2.43. The van der Waals surface area contributed by atoms with Gasteiger partial charge in [-0.2, -0.15) is 0 Å². The van der Waals surface area contributed by atoms with Gasteiger partial charge in [0.2, 0.25) is 0 Å². The third-order valence-corrected chi connectivity index (χ3v) is 4.12. The zero-order valence-corrected chi connectivity index (χ0v) is 14.9. The first-order chi connectivity index (χ1) is 9.88. The molecule has 2 nitrogen and oxygen atoms in total. The summed E-state index contributed by atoms with van der Waals surface area (Å²) in [5, 5.41) is 3.57. The van der Waals surface area contributed by atoms with Gasteiger partial charge in [0, 0.05) is 24.7 Å². The standard InChI is InChI=1S/C19H34N2/c1-14(2)13-21(16(5)6)19(15(3)4)18(20-7)17-11-9-8-10-12-17/h8-12,14-16,18-20H,13H2,1-7H3. The van der Waals surface area contributed by atoms with Crippen molar-refractivity contribution in [3.63, 3.8) is 0 Å². The van der Waals surface area contributed by atoms with E-state index in [2.05, 4.69) is 89.1 Å². The molecule has 0 amide bonds. The van der Waals surface area contributed by atoms with Gasteiger partial charge in [0.1, 0.15) is 0 Å². The maximum Gasteiger partial charge on any atom is 0.0478 e. The molecule has 0 aliphatic heterocycles. The van der Waals surface area contributed by atoms with E-state index in [1.165, 1.54) is 5.56 Å². The Kier molecular flexibility index (Phi) is 7.41. The smallest absolute Gasteiger partial charge is 0.0478 e. The Morgan fingerprint density at radius 2 is 1.52 bits per heavy atom. The van der Waals surface area contributed by atoms with Crippen LogP contribution in [0.3, 0.4) is 0 Å². The predicted molar refractivity (Wildman–Crippen MR) is 93.5 cm³/mol. The highest BCUT2D eigenvalue weighted by molar-refractivity contribution is 5.21. The van der Waals surface area contributed by atoms with Gasteiger partial charge in [0.25, 0.3) is 0 Å². The second-order valence-electron chi connectivity index (χ2n) is 7.10. The highest BCUT2D eigenvalue weighted by Gasteiger charge is 2.32. The highest BCUT2D eigenvalue weighted by Crippen LogP contribution is 2.28. The van der Waals surface area contributed by atoms with Gasteiger partial charge >= 0.3 is 0 Å². The van der Waals surface area contributed by atoms with Gasteiger partial charge in [0.05, 0.1) is 0 Å². The van der Waals surface area contributed by atoms with Gasteiger partial charge in [-0.3, -0.25) is 4.90 Å². The summed E-state index contributed by atoms with van der Waals surface area (Å²) in [6.45, 7) is 15.1. The molecular formula is C19H34N2. The van der Waals surface area contributed by atoms with Crippen molar-refractivity contribution in [2.45, 2.75) is 59.7 Å². The minimum atomic E-state index is 0.368. The van der Waals surface area contributed by atoms with Gasteiger partial charge in [-0.25, -0.2) is 0 Å². The first kappa shape index (κ1) is 18.2. The average molecular weight is 290 g/mol. The molecule has 0 saturated heterocycles. The van der Waals surface area contributed by atoms with E-state index in [0.29, 0.717) is 30.0 Å². The predicted octanol–water partition coefficient (Wildman–Crippen LogP) is 4.34. The number of hydrogen-bond donors (Lipinski definition) is 1. The Morgan fingerprint density at radius 1 is 0.952 bits per heavy atom. The van der Waals surface area contributed by atoms with Crippen molar-refractivity contribution < 1.29 is 0 Å². The average Bonchev–Trinajstić information content (AvgIpc) is 2.42. The SMILES string of the molecule is CNC(c1ccccc1)C(C(C)C)N(CC(C)C)C(C)C. The molecule has 0 aromatic heterocycles. The topological polar surface area (TPSA) is 15.3 Å². The summed E-state index contributed by atoms with van der Waals surface area (Å²) in [5.41, 5.74) is 1.38. The number of benzene rings is 1. The van der Waals surface area contributed by atoms with E-state index in [1.54, 1.807) is 0 Å². The fourth-order valence-corrected chi connectivity index (χ4v) is 3.25. The minimum Gasteiger partial charge on any atom is -0.312 e. The molecular weight excluding hydrogens is 256 g/mol. The molecule has 0 heterocycles. The Hall–Kier alpha value is -0.860. The summed E-state index contributed by atoms with van der Waals surface area (Å²) < 4.78 is 0. The van der Waals surface area contributed by atoms with Crippen LogP contribution in [0.1, 0.15) is 53.1 Å². The molecule has 0 aliphatic rings. The molecule has 0 bridgehead atoms. The van der Waals surface area contributed by atoms with Crippen LogP contribution in [0.25, 0.3) is 0 Å². The van der Waals surface area contributed by atoms with Crippen molar-refractivity contribution in [2.24, 2.45) is 11.8 Å². The maximum atomic E-state index is 3.57. The molecule has 120 valence electrons. The van der Waals surface area contributed by atoms with E-state index < -0.39 is 0 Å². The van der Waals surface area contributed by atoms with Gasteiger partial charge in [0.15, 0.2) is 0 Å². The van der Waals surface area contributed by atoms with E-state index in [1.807, 2.05) is 0 Å². The molecule has 1 N–H and O–H groups in total. The molecule has 0 saturated carbocycles. The summed E-state index contributed by atoms with van der Waals surface area (Å²) >= 11 is 0. The monoisotopic (exact) mass is 290 g/mol. The molecule has 1 rings (SSSR count). The third kappa shape index (κ3) is 5.12. The summed E-state index contributed by atoms with van der Waals surface area (Å²) in [6.07, 6.45) is 0. The van der Waals surface area contributed by atoms with Crippen molar-refractivity contribution in [3.8, 4) is 0 Å². The largest absolute Gasteiger partial charge is 0.312 e. The number of nitrogens with zero attached hydrogens (tertiary/aromatic N) is 1. The number of likely N-dealkylation sites (N-methyl/N-ethyl adjacent to an activating group) is 1. The van der Waals surface area contributed by atoms with Crippen molar-refractivity contribution in [2.75, 3.05) is 13.6 Å². The Bertz CT molecular complexity index is 384. The van der Waals surface area contributed by atoms with Crippen molar-refractivity contribution in [1.82, 2.24) is 10.2 Å². The Morgan fingerprint density at radius 3 is 1.90 bits per heavy atom. The van der Waals surface area contributed by atoms with Crippen LogP contribution >= 0.6 is 0 Å². The zero-order chi connectivity index (χ0) is 16.0. The highest BCUT2D eigenvalue weighted by atomic mass is 15.2. The van der Waals surface area contributed by atoms with E-state index in [9.17, 15) is 0 Å². The van der Waals surface area contributed by atoms with E-state index in [0.717, 1.165) is 6.54 Å². The van der Waals surface area contributed by atoms with Gasteiger partial charge in [-0.15, -0.1) is 0 Å². The quantitative estimate of drug-likeness (QED) is 0.766. The molecule has 1 aromatic carbocycles. The van der Waals surface area contributed by atoms with Crippen molar-refractivity contribution in [3.05, 3.63) is 35.9 Å². The molecule has 0 spiro atoms. The number of rotatable bonds is 8. The molecule has 2 heteroatoms. The second-order valence-corrected chi connectivity index (χ2v) is 7.10. The number of hydrogen-bond acceptors (Lipinski definition) is 2. The zero-order valence-electron chi connectivity index (χ0n) is 14.9. The Labute approximate surface area is 131 Å². The van der Waals surface area contributed by atoms with Crippen LogP contribution in [0.5, 0.6) is 0 Å². The molecule has 21 heavy (non-hydrogen) atoms. The first-order valence-corrected chi connectivity index (χ1v) is 8.36. The fourth-order valence-electron chi connectivity index (χ4n) is 3.25. The maximum absolute atomic E-state index is 3.57. The second kappa shape index (κ2) is 8.55. The lowest BCUT2D eigenvalue weighted by atomic mass is 9.88. The molecule has 0 aliphatic carbocycles. The molecule has 0 fully saturated rings. The molecule has 2 atom stereocenters. The Balaban J connectivity index is 3.12. The normalized spacial score (nSPS) is 15.2. The fraction of sp³-hybridized carbons (Fsp3) is 0.684. The molecule has 0 radical (unpaired) electrons. The lowest BCUT2D eigenvalue weighted by molar-refractivity contribution is 0.0757. The van der Waals surface area contributed by atoms with Crippen LogP contribution in [-0.4, -0.2) is 30.6 Å².